The smallest absolute Gasteiger partial charge is 0.0868 e. The number of hydrogen-bond donors (Lipinski definition) is 0. The van der Waals surface area contributed by atoms with E-state index in [1.54, 1.807) is 11.3 Å². The first kappa shape index (κ1) is 11.1. The zero-order valence-corrected chi connectivity index (χ0v) is 10.3. The van der Waals surface area contributed by atoms with Crippen molar-refractivity contribution in [1.29, 1.82) is 0 Å². The maximum atomic E-state index is 5.51. The second-order valence-electron chi connectivity index (χ2n) is 3.13. The molecule has 2 rings (SSSR count). The van der Waals surface area contributed by atoms with Gasteiger partial charge in [0.05, 0.1) is 23.8 Å². The highest BCUT2D eigenvalue weighted by molar-refractivity contribution is 7.37. The summed E-state index contributed by atoms with van der Waals surface area (Å²) in [5.74, 6) is 0. The van der Waals surface area contributed by atoms with Gasteiger partial charge in [-0.1, -0.05) is 0 Å². The molecule has 0 unspecified atom stereocenters. The van der Waals surface area contributed by atoms with Gasteiger partial charge in [-0.05, 0) is 24.4 Å². The third kappa shape index (κ3) is 3.01. The van der Waals surface area contributed by atoms with Gasteiger partial charge in [0.1, 0.15) is 0 Å². The molecule has 2 aromatic rings. The Labute approximate surface area is 97.4 Å². The van der Waals surface area contributed by atoms with Gasteiger partial charge in [0.25, 0.3) is 0 Å². The molecule has 15 heavy (non-hydrogen) atoms. The molecule has 82 valence electrons. The lowest BCUT2D eigenvalue weighted by Gasteiger charge is -2.01. The van der Waals surface area contributed by atoms with Crippen molar-refractivity contribution in [3.05, 3.63) is 22.4 Å². The zero-order chi connectivity index (χ0) is 10.5. The van der Waals surface area contributed by atoms with Crippen LogP contribution >= 0.6 is 22.7 Å². The van der Waals surface area contributed by atoms with Crippen molar-refractivity contribution in [3.63, 3.8) is 0 Å². The van der Waals surface area contributed by atoms with Crippen molar-refractivity contribution < 1.29 is 9.47 Å². The molecule has 4 heteroatoms. The van der Waals surface area contributed by atoms with Crippen molar-refractivity contribution >= 4 is 32.1 Å². The monoisotopic (exact) mass is 242 g/mol. The molecule has 0 aliphatic carbocycles. The van der Waals surface area contributed by atoms with Gasteiger partial charge < -0.3 is 9.47 Å². The molecule has 0 N–H and O–H groups in total. The molecule has 0 aliphatic heterocycles. The molecule has 0 amide bonds. The van der Waals surface area contributed by atoms with E-state index in [1.165, 1.54) is 14.3 Å². The van der Waals surface area contributed by atoms with Crippen molar-refractivity contribution in [2.24, 2.45) is 0 Å². The van der Waals surface area contributed by atoms with E-state index in [4.69, 9.17) is 9.47 Å². The molecule has 2 heterocycles. The van der Waals surface area contributed by atoms with E-state index in [9.17, 15) is 0 Å². The highest BCUT2D eigenvalue weighted by Crippen LogP contribution is 2.30. The van der Waals surface area contributed by atoms with Crippen LogP contribution in [0.5, 0.6) is 0 Å². The second-order valence-corrected chi connectivity index (χ2v) is 5.44. The summed E-state index contributed by atoms with van der Waals surface area (Å²) in [4.78, 5) is 1.30. The first-order valence-corrected chi connectivity index (χ1v) is 6.71. The van der Waals surface area contributed by atoms with E-state index >= 15 is 0 Å². The van der Waals surface area contributed by atoms with Gasteiger partial charge in [0.2, 0.25) is 0 Å². The number of hydrogen-bond acceptors (Lipinski definition) is 4. The van der Waals surface area contributed by atoms with Gasteiger partial charge in [-0.2, -0.15) is 0 Å². The fourth-order valence-electron chi connectivity index (χ4n) is 1.32. The Morgan fingerprint density at radius 2 is 2.13 bits per heavy atom. The number of rotatable bonds is 6. The predicted octanol–water partition coefficient (Wildman–Crippen LogP) is 3.52. The van der Waals surface area contributed by atoms with E-state index in [-0.39, 0.29) is 0 Å². The van der Waals surface area contributed by atoms with Crippen LogP contribution in [0.4, 0.5) is 0 Å². The Morgan fingerprint density at radius 1 is 1.27 bits per heavy atom. The SMILES string of the molecule is CCOCCOCc1cc2ccsc2s1. The third-order valence-electron chi connectivity index (χ3n) is 2.02. The van der Waals surface area contributed by atoms with Crippen molar-refractivity contribution in [2.45, 2.75) is 13.5 Å². The largest absolute Gasteiger partial charge is 0.379 e. The molecule has 0 radical (unpaired) electrons. The summed E-state index contributed by atoms with van der Waals surface area (Å²) in [5, 5.41) is 3.47. The molecule has 0 fully saturated rings. The Balaban J connectivity index is 1.77. The highest BCUT2D eigenvalue weighted by atomic mass is 32.2. The molecular weight excluding hydrogens is 228 g/mol. The third-order valence-corrected chi connectivity index (χ3v) is 4.20. The van der Waals surface area contributed by atoms with Crippen LogP contribution in [0.1, 0.15) is 11.8 Å². The quantitative estimate of drug-likeness (QED) is 0.722. The van der Waals surface area contributed by atoms with Crippen LogP contribution in [0.15, 0.2) is 17.5 Å². The van der Waals surface area contributed by atoms with Crippen molar-refractivity contribution in [3.8, 4) is 0 Å². The average molecular weight is 242 g/mol. The average Bonchev–Trinajstić information content (AvgIpc) is 2.77. The fraction of sp³-hybridized carbons (Fsp3) is 0.455. The van der Waals surface area contributed by atoms with Crippen molar-refractivity contribution in [2.75, 3.05) is 19.8 Å². The van der Waals surface area contributed by atoms with E-state index in [2.05, 4.69) is 17.5 Å². The Morgan fingerprint density at radius 3 is 2.93 bits per heavy atom. The minimum absolute atomic E-state index is 0.680. The van der Waals surface area contributed by atoms with Gasteiger partial charge >= 0.3 is 0 Å². The summed E-state index contributed by atoms with van der Waals surface area (Å²) in [7, 11) is 0. The molecular formula is C11H14O2S2. The highest BCUT2D eigenvalue weighted by Gasteiger charge is 2.02. The molecule has 0 bridgehead atoms. The number of thiophene rings is 2. The summed E-state index contributed by atoms with van der Waals surface area (Å²) in [6.07, 6.45) is 0. The van der Waals surface area contributed by atoms with Crippen LogP contribution < -0.4 is 0 Å². The zero-order valence-electron chi connectivity index (χ0n) is 8.69. The minimum atomic E-state index is 0.680. The van der Waals surface area contributed by atoms with Crippen LogP contribution in [-0.2, 0) is 16.1 Å². The Kier molecular flexibility index (Phi) is 4.14. The van der Waals surface area contributed by atoms with Crippen LogP contribution in [0.25, 0.3) is 9.40 Å². The second kappa shape index (κ2) is 5.61. The Hall–Kier alpha value is -0.420. The van der Waals surface area contributed by atoms with E-state index < -0.39 is 0 Å². The summed E-state index contributed by atoms with van der Waals surface area (Å²) in [5.41, 5.74) is 0. The normalized spacial score (nSPS) is 11.3. The van der Waals surface area contributed by atoms with Crippen molar-refractivity contribution in [1.82, 2.24) is 0 Å². The standard InChI is InChI=1S/C11H14O2S2/c1-2-12-4-5-13-8-10-7-9-3-6-14-11(9)15-10/h3,6-7H,2,4-5,8H2,1H3. The summed E-state index contributed by atoms with van der Waals surface area (Å²) in [6.45, 7) is 4.83. The van der Waals surface area contributed by atoms with Crippen LogP contribution in [0, 0.1) is 0 Å². The van der Waals surface area contributed by atoms with Gasteiger partial charge in [0, 0.05) is 16.9 Å². The molecule has 2 aromatic heterocycles. The van der Waals surface area contributed by atoms with Crippen LogP contribution in [0.2, 0.25) is 0 Å². The fourth-order valence-corrected chi connectivity index (χ4v) is 3.42. The van der Waals surface area contributed by atoms with Gasteiger partial charge in [-0.25, -0.2) is 0 Å². The summed E-state index contributed by atoms with van der Waals surface area (Å²) < 4.78 is 12.1. The summed E-state index contributed by atoms with van der Waals surface area (Å²) in [6, 6.07) is 4.36. The lowest BCUT2D eigenvalue weighted by molar-refractivity contribution is 0.0463. The van der Waals surface area contributed by atoms with Crippen LogP contribution in [-0.4, -0.2) is 19.8 Å². The van der Waals surface area contributed by atoms with Gasteiger partial charge in [0.15, 0.2) is 0 Å². The number of fused-ring (bicyclic) bond motifs is 1. The molecule has 0 spiro atoms. The maximum Gasteiger partial charge on any atom is 0.0868 e. The van der Waals surface area contributed by atoms with E-state index in [0.717, 1.165) is 6.61 Å². The topological polar surface area (TPSA) is 18.5 Å². The predicted molar refractivity (Wildman–Crippen MR) is 65.9 cm³/mol. The van der Waals surface area contributed by atoms with Crippen LogP contribution in [0.3, 0.4) is 0 Å². The summed E-state index contributed by atoms with van der Waals surface area (Å²) >= 11 is 3.61. The first-order chi connectivity index (χ1) is 7.40. The lowest BCUT2D eigenvalue weighted by Crippen LogP contribution is -2.03. The molecule has 2 nitrogen and oxygen atoms in total. The molecule has 0 saturated heterocycles. The lowest BCUT2D eigenvalue weighted by atomic mass is 10.4. The van der Waals surface area contributed by atoms with E-state index in [1.807, 2.05) is 18.3 Å². The molecule has 0 aliphatic rings. The molecule has 0 atom stereocenters. The van der Waals surface area contributed by atoms with Gasteiger partial charge in [-0.15, -0.1) is 22.7 Å². The Bertz CT molecular complexity index is 377. The molecule has 0 saturated carbocycles. The first-order valence-electron chi connectivity index (χ1n) is 5.01. The minimum Gasteiger partial charge on any atom is -0.379 e. The van der Waals surface area contributed by atoms with E-state index in [0.29, 0.717) is 19.8 Å². The number of ether oxygens (including phenoxy) is 2. The molecule has 0 aromatic carbocycles. The van der Waals surface area contributed by atoms with Gasteiger partial charge in [-0.3, -0.25) is 0 Å². The maximum absolute atomic E-state index is 5.51.